The minimum atomic E-state index is -0.578. The molecule has 4 N–H and O–H groups in total. The molecule has 4 aromatic rings. The number of rotatable bonds is 2. The standard InChI is InChI=1S/C25H22N4O2/c26-18-12-19-22(21-20(18)23(30)16-8-4-5-9-17(16)24(21)31)28-25(27-19)10-11-29(14-25)13-15-6-2-1-3-7-15/h1-9,12,30-31H,10-11,13-14,26H2. The molecule has 0 bridgehead atoms. The van der Waals surface area contributed by atoms with Gasteiger partial charge in [0.2, 0.25) is 0 Å². The molecule has 0 radical (unpaired) electrons. The van der Waals surface area contributed by atoms with Crippen LogP contribution in [-0.2, 0) is 6.54 Å². The van der Waals surface area contributed by atoms with Crippen LogP contribution in [0.1, 0.15) is 12.0 Å². The molecule has 2 heterocycles. The van der Waals surface area contributed by atoms with E-state index in [-0.39, 0.29) is 11.5 Å². The molecule has 2 aliphatic heterocycles. The molecule has 1 fully saturated rings. The van der Waals surface area contributed by atoms with Crippen molar-refractivity contribution in [2.24, 2.45) is 9.98 Å². The van der Waals surface area contributed by atoms with Gasteiger partial charge in [-0.15, -0.1) is 0 Å². The van der Waals surface area contributed by atoms with E-state index in [9.17, 15) is 10.2 Å². The largest absolute Gasteiger partial charge is 0.507 e. The Kier molecular flexibility index (Phi) is 3.76. The van der Waals surface area contributed by atoms with Gasteiger partial charge >= 0.3 is 0 Å². The van der Waals surface area contributed by atoms with Gasteiger partial charge in [-0.05, 0) is 11.6 Å². The first-order valence-corrected chi connectivity index (χ1v) is 10.5. The van der Waals surface area contributed by atoms with E-state index in [1.165, 1.54) is 5.56 Å². The van der Waals surface area contributed by atoms with Crippen LogP contribution in [0, 0.1) is 0 Å². The third kappa shape index (κ3) is 2.68. The summed E-state index contributed by atoms with van der Waals surface area (Å²) in [6.07, 6.45) is 0.802. The van der Waals surface area contributed by atoms with Crippen molar-refractivity contribution >= 4 is 27.2 Å². The summed E-state index contributed by atoms with van der Waals surface area (Å²) in [6.45, 7) is 2.45. The molecule has 154 valence electrons. The maximum Gasteiger partial charge on any atom is 0.165 e. The molecule has 0 saturated carbocycles. The maximum atomic E-state index is 11.1. The Balaban J connectivity index is 1.51. The van der Waals surface area contributed by atoms with Gasteiger partial charge in [0.25, 0.3) is 0 Å². The molecule has 6 heteroatoms. The zero-order chi connectivity index (χ0) is 21.2. The molecule has 2 aliphatic rings. The summed E-state index contributed by atoms with van der Waals surface area (Å²) in [5, 5.41) is 25.4. The van der Waals surface area contributed by atoms with Crippen LogP contribution in [0.3, 0.4) is 0 Å². The number of aromatic hydroxyl groups is 2. The summed E-state index contributed by atoms with van der Waals surface area (Å²) < 4.78 is 0. The van der Waals surface area contributed by atoms with Crippen LogP contribution in [0.15, 0.2) is 70.6 Å². The number of fused-ring (bicyclic) bond motifs is 4. The summed E-state index contributed by atoms with van der Waals surface area (Å²) in [4.78, 5) is 12.3. The van der Waals surface area contributed by atoms with Gasteiger partial charge < -0.3 is 15.9 Å². The lowest BCUT2D eigenvalue weighted by Gasteiger charge is -2.19. The molecule has 31 heavy (non-hydrogen) atoms. The van der Waals surface area contributed by atoms with Crippen molar-refractivity contribution in [3.05, 3.63) is 76.9 Å². The lowest BCUT2D eigenvalue weighted by atomic mass is 9.99. The molecule has 6 nitrogen and oxygen atoms in total. The number of benzene rings is 4. The molecular formula is C25H22N4O2. The fourth-order valence-corrected chi connectivity index (χ4v) is 5.00. The van der Waals surface area contributed by atoms with E-state index in [0.29, 0.717) is 44.5 Å². The van der Waals surface area contributed by atoms with Crippen molar-refractivity contribution in [3.63, 3.8) is 0 Å². The van der Waals surface area contributed by atoms with Crippen LogP contribution in [0.2, 0.25) is 0 Å². The van der Waals surface area contributed by atoms with Gasteiger partial charge in [0, 0.05) is 42.5 Å². The molecule has 0 aliphatic carbocycles. The monoisotopic (exact) mass is 410 g/mol. The van der Waals surface area contributed by atoms with Gasteiger partial charge in [-0.2, -0.15) is 0 Å². The summed E-state index contributed by atoms with van der Waals surface area (Å²) in [7, 11) is 0. The van der Waals surface area contributed by atoms with Crippen molar-refractivity contribution < 1.29 is 10.2 Å². The van der Waals surface area contributed by atoms with Crippen LogP contribution in [0.4, 0.5) is 5.69 Å². The third-order valence-corrected chi connectivity index (χ3v) is 6.42. The highest BCUT2D eigenvalue weighted by Gasteiger charge is 2.40. The SMILES string of the molecule is Nc1cc2c(c3c(O)c4ccccc4c(O)c13)=NC1(CCN(Cc3ccccc3)C1)N=2. The topological polar surface area (TPSA) is 94.4 Å². The number of likely N-dealkylation sites (tertiary alicyclic amines) is 1. The van der Waals surface area contributed by atoms with E-state index in [0.717, 1.165) is 19.5 Å². The quantitative estimate of drug-likeness (QED) is 0.269. The number of phenolic OH excluding ortho intramolecular Hbond substituents is 2. The average Bonchev–Trinajstić information content (AvgIpc) is 3.33. The Morgan fingerprint density at radius 3 is 2.32 bits per heavy atom. The first-order valence-electron chi connectivity index (χ1n) is 10.5. The van der Waals surface area contributed by atoms with Gasteiger partial charge in [-0.3, -0.25) is 14.9 Å². The molecular weight excluding hydrogens is 388 g/mol. The van der Waals surface area contributed by atoms with Gasteiger partial charge in [-0.1, -0.05) is 54.6 Å². The van der Waals surface area contributed by atoms with Gasteiger partial charge in [0.1, 0.15) is 11.5 Å². The molecule has 1 spiro atoms. The highest BCUT2D eigenvalue weighted by Crippen LogP contribution is 2.42. The molecule has 1 atom stereocenters. The Morgan fingerprint density at radius 1 is 0.903 bits per heavy atom. The number of nitrogens with zero attached hydrogens (tertiary/aromatic N) is 3. The number of nitrogen functional groups attached to an aromatic ring is 1. The number of anilines is 1. The summed E-state index contributed by atoms with van der Waals surface area (Å²) >= 11 is 0. The van der Waals surface area contributed by atoms with Gasteiger partial charge in [-0.25, -0.2) is 0 Å². The predicted octanol–water partition coefficient (Wildman–Crippen LogP) is 2.84. The fourth-order valence-electron chi connectivity index (χ4n) is 5.00. The van der Waals surface area contributed by atoms with Gasteiger partial charge in [0.05, 0.1) is 21.5 Å². The van der Waals surface area contributed by atoms with Crippen molar-refractivity contribution in [2.75, 3.05) is 18.8 Å². The molecule has 1 unspecified atom stereocenters. The molecule has 6 rings (SSSR count). The number of phenols is 2. The lowest BCUT2D eigenvalue weighted by molar-refractivity contribution is 0.306. The second-order valence-corrected chi connectivity index (χ2v) is 8.48. The second-order valence-electron chi connectivity index (χ2n) is 8.48. The predicted molar refractivity (Wildman–Crippen MR) is 121 cm³/mol. The molecule has 4 aromatic carbocycles. The third-order valence-electron chi connectivity index (χ3n) is 6.42. The maximum absolute atomic E-state index is 11.1. The second kappa shape index (κ2) is 6.43. The first-order chi connectivity index (χ1) is 15.0. The van der Waals surface area contributed by atoms with Crippen LogP contribution in [0.25, 0.3) is 21.5 Å². The van der Waals surface area contributed by atoms with Crippen LogP contribution in [0.5, 0.6) is 11.5 Å². The Bertz CT molecular complexity index is 1480. The molecule has 0 amide bonds. The molecule has 1 saturated heterocycles. The zero-order valence-corrected chi connectivity index (χ0v) is 16.9. The minimum Gasteiger partial charge on any atom is -0.507 e. The highest BCUT2D eigenvalue weighted by atomic mass is 16.3. The molecule has 0 aromatic heterocycles. The summed E-state index contributed by atoms with van der Waals surface area (Å²) in [5.41, 5.74) is 7.40. The summed E-state index contributed by atoms with van der Waals surface area (Å²) in [6, 6.07) is 19.4. The zero-order valence-electron chi connectivity index (χ0n) is 16.9. The first kappa shape index (κ1) is 18.2. The average molecular weight is 410 g/mol. The fraction of sp³-hybridized carbons (Fsp3) is 0.200. The minimum absolute atomic E-state index is 0.0666. The number of nitrogens with two attached hydrogens (primary N) is 1. The van der Waals surface area contributed by atoms with Crippen molar-refractivity contribution in [1.29, 1.82) is 0 Å². The van der Waals surface area contributed by atoms with Crippen molar-refractivity contribution in [3.8, 4) is 11.5 Å². The van der Waals surface area contributed by atoms with E-state index in [2.05, 4.69) is 29.2 Å². The van der Waals surface area contributed by atoms with Crippen molar-refractivity contribution in [2.45, 2.75) is 18.6 Å². The number of hydrogen-bond donors (Lipinski definition) is 3. The van der Waals surface area contributed by atoms with Crippen LogP contribution < -0.4 is 16.4 Å². The Hall–Kier alpha value is -3.64. The highest BCUT2D eigenvalue weighted by molar-refractivity contribution is 6.14. The van der Waals surface area contributed by atoms with E-state index in [4.69, 9.17) is 15.7 Å². The van der Waals surface area contributed by atoms with E-state index < -0.39 is 5.66 Å². The normalized spacial score (nSPS) is 20.3. The Labute approximate surface area is 178 Å². The van der Waals surface area contributed by atoms with Crippen molar-refractivity contribution in [1.82, 2.24) is 4.90 Å². The smallest absolute Gasteiger partial charge is 0.165 e. The number of hydrogen-bond acceptors (Lipinski definition) is 6. The van der Waals surface area contributed by atoms with Gasteiger partial charge in [0.15, 0.2) is 5.66 Å². The van der Waals surface area contributed by atoms with E-state index in [1.54, 1.807) is 18.2 Å². The van der Waals surface area contributed by atoms with E-state index in [1.807, 2.05) is 18.2 Å². The van der Waals surface area contributed by atoms with Crippen LogP contribution >= 0.6 is 0 Å². The Morgan fingerprint density at radius 2 is 1.58 bits per heavy atom. The summed E-state index contributed by atoms with van der Waals surface area (Å²) in [5.74, 6) is 0.152. The van der Waals surface area contributed by atoms with E-state index >= 15 is 0 Å². The lowest BCUT2D eigenvalue weighted by Crippen LogP contribution is -2.29. The van der Waals surface area contributed by atoms with Crippen LogP contribution in [-0.4, -0.2) is 33.9 Å².